The molecule has 0 radical (unpaired) electrons. The van der Waals surface area contributed by atoms with Gasteiger partial charge in [0.25, 0.3) is 5.91 Å². The summed E-state index contributed by atoms with van der Waals surface area (Å²) in [7, 11) is 0. The van der Waals surface area contributed by atoms with Crippen LogP contribution in [-0.2, 0) is 4.79 Å². The van der Waals surface area contributed by atoms with E-state index < -0.39 is 0 Å². The molecular weight excluding hydrogens is 452 g/mol. The number of aryl methyl sites for hydroxylation is 1. The number of ether oxygens (including phenoxy) is 1. The molecule has 3 saturated heterocycles. The van der Waals surface area contributed by atoms with Gasteiger partial charge in [-0.15, -0.1) is 0 Å². The molecule has 34 heavy (non-hydrogen) atoms. The minimum Gasteiger partial charge on any atom is -0.474 e. The van der Waals surface area contributed by atoms with Crippen LogP contribution < -0.4 is 30.9 Å². The number of hydrogen-bond acceptors (Lipinski definition) is 7. The van der Waals surface area contributed by atoms with E-state index in [1.807, 2.05) is 17.9 Å². The minimum absolute atomic E-state index is 0.0250. The van der Waals surface area contributed by atoms with E-state index in [1.165, 1.54) is 12.8 Å². The fraction of sp³-hybridized carbons (Fsp3) is 0.625. The topological polar surface area (TPSA) is 108 Å². The number of piperidine rings is 1. The van der Waals surface area contributed by atoms with Gasteiger partial charge in [-0.3, -0.25) is 9.69 Å². The van der Waals surface area contributed by atoms with Crippen LogP contribution >= 0.6 is 11.8 Å². The second kappa shape index (κ2) is 9.05. The van der Waals surface area contributed by atoms with Crippen LogP contribution in [0.5, 0.6) is 5.88 Å². The number of aromatic nitrogens is 1. The number of nitrogens with zero attached hydrogens (tertiary/aromatic N) is 2. The van der Waals surface area contributed by atoms with E-state index in [1.54, 1.807) is 18.0 Å². The van der Waals surface area contributed by atoms with Crippen molar-refractivity contribution < 1.29 is 14.3 Å². The van der Waals surface area contributed by atoms with Crippen LogP contribution in [0.15, 0.2) is 22.9 Å². The smallest absolute Gasteiger partial charge is 0.326 e. The van der Waals surface area contributed by atoms with E-state index in [0.29, 0.717) is 10.8 Å². The van der Waals surface area contributed by atoms with Crippen LogP contribution in [0.3, 0.4) is 0 Å². The number of carbonyl (C=O) groups is 2. The molecule has 1 saturated carbocycles. The van der Waals surface area contributed by atoms with Crippen molar-refractivity contribution in [3.05, 3.63) is 28.4 Å². The van der Waals surface area contributed by atoms with Crippen molar-refractivity contribution in [3.63, 3.8) is 0 Å². The lowest BCUT2D eigenvalue weighted by molar-refractivity contribution is -0.117. The summed E-state index contributed by atoms with van der Waals surface area (Å²) in [4.78, 5) is 33.6. The maximum Gasteiger partial charge on any atom is 0.326 e. The van der Waals surface area contributed by atoms with Crippen molar-refractivity contribution in [1.29, 1.82) is 0 Å². The van der Waals surface area contributed by atoms with Crippen LogP contribution in [0, 0.1) is 12.8 Å². The van der Waals surface area contributed by atoms with Crippen LogP contribution in [0.25, 0.3) is 0 Å². The molecule has 4 aliphatic heterocycles. The lowest BCUT2D eigenvalue weighted by Crippen LogP contribution is -2.62. The second-order valence-electron chi connectivity index (χ2n) is 9.91. The van der Waals surface area contributed by atoms with Gasteiger partial charge in [-0.1, -0.05) is 11.8 Å². The highest BCUT2D eigenvalue weighted by molar-refractivity contribution is 8.04. The highest BCUT2D eigenvalue weighted by Crippen LogP contribution is 2.48. The van der Waals surface area contributed by atoms with Gasteiger partial charge in [-0.25, -0.2) is 9.78 Å². The number of thioether (sulfide) groups is 1. The SMILES string of the molecule is Cc1cc(OC2CCCC2)ncc1N1C(=O)NC2=C(C(=O)N[C@@H]3CCNC3)SC3NCCC1C23. The molecule has 0 bridgehead atoms. The van der Waals surface area contributed by atoms with Gasteiger partial charge in [0.05, 0.1) is 28.2 Å². The standard InChI is InChI=1S/C24H32N6O3S/c1-13-10-18(33-15-4-2-3-5-15)27-12-17(13)30-16-7-9-26-23-19(16)20(29-24(30)32)21(34-23)22(31)28-14-6-8-25-11-14/h10,12,14-16,19,23,25-26H,2-9,11H2,1H3,(H,28,31)(H,29,32)/t14-,16?,19?,23?/m1/s1. The third-order valence-corrected chi connectivity index (χ3v) is 9.00. The molecule has 10 heteroatoms. The Labute approximate surface area is 203 Å². The van der Waals surface area contributed by atoms with Gasteiger partial charge in [-0.05, 0) is 64.1 Å². The lowest BCUT2D eigenvalue weighted by Gasteiger charge is -2.46. The van der Waals surface area contributed by atoms with Gasteiger partial charge in [0, 0.05) is 30.3 Å². The summed E-state index contributed by atoms with van der Waals surface area (Å²) >= 11 is 1.55. The predicted octanol–water partition coefficient (Wildman–Crippen LogP) is 1.98. The fourth-order valence-electron chi connectivity index (χ4n) is 5.95. The molecule has 1 aromatic rings. The third-order valence-electron chi connectivity index (χ3n) is 7.65. The zero-order valence-electron chi connectivity index (χ0n) is 19.4. The van der Waals surface area contributed by atoms with Crippen molar-refractivity contribution in [1.82, 2.24) is 26.3 Å². The molecular formula is C24H32N6O3S. The Hall–Kier alpha value is -2.30. The molecule has 0 aromatic carbocycles. The van der Waals surface area contributed by atoms with Crippen LogP contribution in [0.2, 0.25) is 0 Å². The highest BCUT2D eigenvalue weighted by Gasteiger charge is 2.52. The van der Waals surface area contributed by atoms with Gasteiger partial charge in [0.1, 0.15) is 6.10 Å². The summed E-state index contributed by atoms with van der Waals surface area (Å²) in [6.45, 7) is 4.52. The molecule has 4 N–H and O–H groups in total. The molecule has 6 rings (SSSR count). The van der Waals surface area contributed by atoms with Crippen molar-refractivity contribution in [2.45, 2.75) is 69.0 Å². The molecule has 3 amide bonds. The first-order valence-corrected chi connectivity index (χ1v) is 13.4. The van der Waals surface area contributed by atoms with E-state index in [9.17, 15) is 9.59 Å². The predicted molar refractivity (Wildman–Crippen MR) is 131 cm³/mol. The van der Waals surface area contributed by atoms with Gasteiger partial charge in [0.2, 0.25) is 5.88 Å². The first-order chi connectivity index (χ1) is 16.6. The van der Waals surface area contributed by atoms with E-state index in [-0.39, 0.29) is 41.4 Å². The van der Waals surface area contributed by atoms with Gasteiger partial charge >= 0.3 is 6.03 Å². The molecule has 182 valence electrons. The number of carbonyl (C=O) groups excluding carboxylic acids is 2. The molecule has 0 spiro atoms. The number of nitrogens with one attached hydrogen (secondary N) is 4. The molecule has 4 fully saturated rings. The maximum atomic E-state index is 13.4. The Kier molecular flexibility index (Phi) is 5.90. The number of urea groups is 1. The van der Waals surface area contributed by atoms with Crippen LogP contribution in [0.1, 0.15) is 44.1 Å². The Morgan fingerprint density at radius 2 is 2.09 bits per heavy atom. The van der Waals surface area contributed by atoms with Crippen molar-refractivity contribution in [3.8, 4) is 5.88 Å². The second-order valence-corrected chi connectivity index (χ2v) is 11.1. The third kappa shape index (κ3) is 3.95. The summed E-state index contributed by atoms with van der Waals surface area (Å²) in [5.41, 5.74) is 2.54. The minimum atomic E-state index is -0.193. The van der Waals surface area contributed by atoms with Crippen molar-refractivity contribution in [2.75, 3.05) is 24.5 Å². The monoisotopic (exact) mass is 484 g/mol. The van der Waals surface area contributed by atoms with Crippen LogP contribution in [-0.4, -0.2) is 60.1 Å². The van der Waals surface area contributed by atoms with Crippen LogP contribution in [0.4, 0.5) is 10.5 Å². The average molecular weight is 485 g/mol. The number of pyridine rings is 1. The van der Waals surface area contributed by atoms with E-state index in [2.05, 4.69) is 26.3 Å². The van der Waals surface area contributed by atoms with Gasteiger partial charge in [-0.2, -0.15) is 0 Å². The summed E-state index contributed by atoms with van der Waals surface area (Å²) < 4.78 is 6.07. The molecule has 5 heterocycles. The number of hydrogen-bond donors (Lipinski definition) is 4. The quantitative estimate of drug-likeness (QED) is 0.506. The first kappa shape index (κ1) is 22.2. The lowest BCUT2D eigenvalue weighted by atomic mass is 9.86. The number of amides is 3. The normalized spacial score (nSPS) is 31.0. The largest absolute Gasteiger partial charge is 0.474 e. The molecule has 1 aromatic heterocycles. The van der Waals surface area contributed by atoms with Gasteiger partial charge < -0.3 is 26.0 Å². The Morgan fingerprint density at radius 3 is 2.85 bits per heavy atom. The Balaban J connectivity index is 1.25. The zero-order chi connectivity index (χ0) is 23.2. The summed E-state index contributed by atoms with van der Waals surface area (Å²) in [6.07, 6.45) is 8.34. The number of rotatable bonds is 5. The first-order valence-electron chi connectivity index (χ1n) is 12.5. The highest BCUT2D eigenvalue weighted by atomic mass is 32.2. The Morgan fingerprint density at radius 1 is 1.24 bits per heavy atom. The van der Waals surface area contributed by atoms with Crippen molar-refractivity contribution >= 4 is 29.4 Å². The van der Waals surface area contributed by atoms with E-state index >= 15 is 0 Å². The fourth-order valence-corrected chi connectivity index (χ4v) is 7.35. The average Bonchev–Trinajstić information content (AvgIpc) is 3.58. The van der Waals surface area contributed by atoms with E-state index in [0.717, 1.165) is 62.3 Å². The maximum absolute atomic E-state index is 13.4. The molecule has 9 nitrogen and oxygen atoms in total. The molecule has 1 aliphatic carbocycles. The summed E-state index contributed by atoms with van der Waals surface area (Å²) in [5.74, 6) is 0.586. The molecule has 5 aliphatic rings. The van der Waals surface area contributed by atoms with Gasteiger partial charge in [0.15, 0.2) is 0 Å². The molecule has 3 unspecified atom stereocenters. The summed E-state index contributed by atoms with van der Waals surface area (Å²) in [6, 6.07) is 1.87. The molecule has 4 atom stereocenters. The van der Waals surface area contributed by atoms with E-state index in [4.69, 9.17) is 4.74 Å². The summed E-state index contributed by atoms with van der Waals surface area (Å²) in [5, 5.41) is 13.1. The number of anilines is 1. The zero-order valence-corrected chi connectivity index (χ0v) is 20.2. The van der Waals surface area contributed by atoms with Crippen molar-refractivity contribution in [2.24, 2.45) is 5.92 Å². The Bertz CT molecular complexity index is 1020.